The molecule has 3 nitrogen and oxygen atoms in total. The Labute approximate surface area is 72.5 Å². The molecule has 0 saturated carbocycles. The predicted molar refractivity (Wildman–Crippen MR) is 44.7 cm³/mol. The SMILES string of the molecule is O=C1OCCCC12CCNCC2. The molecule has 2 rings (SSSR count). The number of carbonyl (C=O) groups is 1. The third kappa shape index (κ3) is 1.22. The minimum Gasteiger partial charge on any atom is -0.465 e. The molecule has 2 saturated heterocycles. The fourth-order valence-corrected chi connectivity index (χ4v) is 2.19. The summed E-state index contributed by atoms with van der Waals surface area (Å²) in [4.78, 5) is 11.5. The van der Waals surface area contributed by atoms with Crippen molar-refractivity contribution < 1.29 is 9.53 Å². The van der Waals surface area contributed by atoms with Gasteiger partial charge in [0.2, 0.25) is 0 Å². The zero-order chi connectivity index (χ0) is 8.44. The smallest absolute Gasteiger partial charge is 0.312 e. The summed E-state index contributed by atoms with van der Waals surface area (Å²) in [5.41, 5.74) is -0.108. The lowest BCUT2D eigenvalue weighted by molar-refractivity contribution is -0.164. The van der Waals surface area contributed by atoms with Gasteiger partial charge in [-0.1, -0.05) is 0 Å². The maximum absolute atomic E-state index is 11.5. The van der Waals surface area contributed by atoms with Gasteiger partial charge in [-0.3, -0.25) is 4.79 Å². The quantitative estimate of drug-likeness (QED) is 0.542. The van der Waals surface area contributed by atoms with E-state index in [1.54, 1.807) is 0 Å². The van der Waals surface area contributed by atoms with Crippen molar-refractivity contribution in [1.29, 1.82) is 0 Å². The largest absolute Gasteiger partial charge is 0.465 e. The van der Waals surface area contributed by atoms with Crippen LogP contribution in [0.5, 0.6) is 0 Å². The molecule has 1 N–H and O–H groups in total. The van der Waals surface area contributed by atoms with E-state index in [0.717, 1.165) is 38.8 Å². The molecule has 0 bridgehead atoms. The monoisotopic (exact) mass is 169 g/mol. The number of nitrogens with one attached hydrogen (secondary N) is 1. The number of cyclic esters (lactones) is 1. The van der Waals surface area contributed by atoms with E-state index < -0.39 is 0 Å². The Morgan fingerprint density at radius 1 is 1.25 bits per heavy atom. The van der Waals surface area contributed by atoms with Gasteiger partial charge in [-0.05, 0) is 38.8 Å². The van der Waals surface area contributed by atoms with Crippen molar-refractivity contribution in [3.63, 3.8) is 0 Å². The van der Waals surface area contributed by atoms with E-state index in [2.05, 4.69) is 5.32 Å². The summed E-state index contributed by atoms with van der Waals surface area (Å²) in [6.07, 6.45) is 4.01. The Kier molecular flexibility index (Phi) is 2.05. The van der Waals surface area contributed by atoms with E-state index in [1.807, 2.05) is 0 Å². The molecule has 0 radical (unpaired) electrons. The van der Waals surface area contributed by atoms with Crippen molar-refractivity contribution in [3.05, 3.63) is 0 Å². The van der Waals surface area contributed by atoms with Gasteiger partial charge in [-0.25, -0.2) is 0 Å². The lowest BCUT2D eigenvalue weighted by atomic mass is 9.74. The summed E-state index contributed by atoms with van der Waals surface area (Å²) < 4.78 is 5.10. The summed E-state index contributed by atoms with van der Waals surface area (Å²) in [6.45, 7) is 2.57. The second kappa shape index (κ2) is 3.05. The molecule has 1 spiro atoms. The first-order valence-corrected chi connectivity index (χ1v) is 4.71. The molecule has 0 atom stereocenters. The molecular weight excluding hydrogens is 154 g/mol. The standard InChI is InChI=1S/C9H15NO2/c11-8-9(2-1-7-12-8)3-5-10-6-4-9/h10H,1-7H2. The van der Waals surface area contributed by atoms with E-state index in [9.17, 15) is 4.79 Å². The van der Waals surface area contributed by atoms with Gasteiger partial charge in [0.15, 0.2) is 0 Å². The van der Waals surface area contributed by atoms with Crippen molar-refractivity contribution in [3.8, 4) is 0 Å². The van der Waals surface area contributed by atoms with Gasteiger partial charge in [-0.2, -0.15) is 0 Å². The van der Waals surface area contributed by atoms with Crippen LogP contribution in [0.1, 0.15) is 25.7 Å². The Morgan fingerprint density at radius 2 is 2.00 bits per heavy atom. The fourth-order valence-electron chi connectivity index (χ4n) is 2.19. The van der Waals surface area contributed by atoms with E-state index >= 15 is 0 Å². The molecular formula is C9H15NO2. The van der Waals surface area contributed by atoms with Crippen LogP contribution in [-0.4, -0.2) is 25.7 Å². The Bertz CT molecular complexity index is 177. The predicted octanol–water partition coefficient (Wildman–Crippen LogP) is 0.693. The third-order valence-electron chi connectivity index (χ3n) is 3.03. The highest BCUT2D eigenvalue weighted by Gasteiger charge is 2.42. The number of hydrogen-bond donors (Lipinski definition) is 1. The molecule has 2 aliphatic heterocycles. The highest BCUT2D eigenvalue weighted by atomic mass is 16.5. The van der Waals surface area contributed by atoms with Crippen LogP contribution in [0.15, 0.2) is 0 Å². The van der Waals surface area contributed by atoms with Gasteiger partial charge in [0.05, 0.1) is 12.0 Å². The first-order valence-electron chi connectivity index (χ1n) is 4.71. The van der Waals surface area contributed by atoms with Gasteiger partial charge in [0.1, 0.15) is 0 Å². The summed E-state index contributed by atoms with van der Waals surface area (Å²) >= 11 is 0. The zero-order valence-corrected chi connectivity index (χ0v) is 7.27. The minimum atomic E-state index is -0.108. The summed E-state index contributed by atoms with van der Waals surface area (Å²) in [6, 6.07) is 0. The van der Waals surface area contributed by atoms with Gasteiger partial charge in [0, 0.05) is 0 Å². The average molecular weight is 169 g/mol. The third-order valence-corrected chi connectivity index (χ3v) is 3.03. The molecule has 68 valence electrons. The van der Waals surface area contributed by atoms with Crippen LogP contribution in [0.2, 0.25) is 0 Å². The van der Waals surface area contributed by atoms with Crippen molar-refractivity contribution in [2.45, 2.75) is 25.7 Å². The molecule has 3 heteroatoms. The van der Waals surface area contributed by atoms with Crippen LogP contribution in [0.4, 0.5) is 0 Å². The summed E-state index contributed by atoms with van der Waals surface area (Å²) in [7, 11) is 0. The number of rotatable bonds is 0. The van der Waals surface area contributed by atoms with Crippen molar-refractivity contribution >= 4 is 5.97 Å². The van der Waals surface area contributed by atoms with Crippen molar-refractivity contribution in [2.75, 3.05) is 19.7 Å². The molecule has 0 aromatic rings. The lowest BCUT2D eigenvalue weighted by Crippen LogP contribution is -2.45. The number of piperidine rings is 1. The fraction of sp³-hybridized carbons (Fsp3) is 0.889. The summed E-state index contributed by atoms with van der Waals surface area (Å²) in [5.74, 6) is 0.0512. The molecule has 2 fully saturated rings. The molecule has 0 aliphatic carbocycles. The van der Waals surface area contributed by atoms with E-state index in [-0.39, 0.29) is 11.4 Å². The van der Waals surface area contributed by atoms with Crippen LogP contribution in [0, 0.1) is 5.41 Å². The second-order valence-corrected chi connectivity index (χ2v) is 3.77. The minimum absolute atomic E-state index is 0.0512. The Hall–Kier alpha value is -0.570. The van der Waals surface area contributed by atoms with E-state index in [4.69, 9.17) is 4.74 Å². The van der Waals surface area contributed by atoms with Crippen LogP contribution >= 0.6 is 0 Å². The van der Waals surface area contributed by atoms with Gasteiger partial charge in [-0.15, -0.1) is 0 Å². The van der Waals surface area contributed by atoms with E-state index in [1.165, 1.54) is 0 Å². The molecule has 12 heavy (non-hydrogen) atoms. The molecule has 2 heterocycles. The number of carbonyl (C=O) groups excluding carboxylic acids is 1. The average Bonchev–Trinajstić information content (AvgIpc) is 2.12. The topological polar surface area (TPSA) is 38.3 Å². The number of hydrogen-bond acceptors (Lipinski definition) is 3. The number of esters is 1. The van der Waals surface area contributed by atoms with Crippen LogP contribution < -0.4 is 5.32 Å². The van der Waals surface area contributed by atoms with Gasteiger partial charge in [0.25, 0.3) is 0 Å². The second-order valence-electron chi connectivity index (χ2n) is 3.77. The number of ether oxygens (including phenoxy) is 1. The van der Waals surface area contributed by atoms with Crippen molar-refractivity contribution in [2.24, 2.45) is 5.41 Å². The molecule has 0 amide bonds. The Morgan fingerprint density at radius 3 is 2.67 bits per heavy atom. The van der Waals surface area contributed by atoms with Crippen LogP contribution in [0.3, 0.4) is 0 Å². The highest BCUT2D eigenvalue weighted by molar-refractivity contribution is 5.77. The summed E-state index contributed by atoms with van der Waals surface area (Å²) in [5, 5.41) is 3.27. The first kappa shape index (κ1) is 8.05. The maximum Gasteiger partial charge on any atom is 0.312 e. The molecule has 0 aromatic carbocycles. The normalized spacial score (nSPS) is 28.5. The first-order chi connectivity index (χ1) is 5.83. The van der Waals surface area contributed by atoms with Gasteiger partial charge >= 0.3 is 5.97 Å². The Balaban J connectivity index is 2.09. The molecule has 0 aromatic heterocycles. The van der Waals surface area contributed by atoms with Crippen molar-refractivity contribution in [1.82, 2.24) is 5.32 Å². The highest BCUT2D eigenvalue weighted by Crippen LogP contribution is 2.37. The van der Waals surface area contributed by atoms with E-state index in [0.29, 0.717) is 6.61 Å². The maximum atomic E-state index is 11.5. The van der Waals surface area contributed by atoms with Crippen LogP contribution in [0.25, 0.3) is 0 Å². The zero-order valence-electron chi connectivity index (χ0n) is 7.27. The molecule has 0 unspecified atom stereocenters. The van der Waals surface area contributed by atoms with Gasteiger partial charge < -0.3 is 10.1 Å². The van der Waals surface area contributed by atoms with Crippen LogP contribution in [-0.2, 0) is 9.53 Å². The lowest BCUT2D eigenvalue weighted by Gasteiger charge is -2.38. The molecule has 2 aliphatic rings.